The quantitative estimate of drug-likeness (QED) is 0.409. The number of benzene rings is 3. The van der Waals surface area contributed by atoms with Gasteiger partial charge in [-0.2, -0.15) is 0 Å². The standard InChI is InChI=1S/C28H24N4O5/c1-31(23-24(29)32(28(36)30-25(23)33)16-17-8-4-2-5-9-17)26(34)19-12-13-21-20(14-19)15-22(37-27(21)35)18-10-6-3-7-11-18/h2-14,22H,15-16,29H2,1H3,(H,30,33,36)/t22-/m1/s1. The zero-order valence-corrected chi connectivity index (χ0v) is 20.0. The average Bonchev–Trinajstić information content (AvgIpc) is 2.91. The van der Waals surface area contributed by atoms with E-state index in [4.69, 9.17) is 10.5 Å². The van der Waals surface area contributed by atoms with Crippen molar-refractivity contribution < 1.29 is 14.3 Å². The molecule has 2 heterocycles. The molecule has 1 aliphatic heterocycles. The van der Waals surface area contributed by atoms with E-state index in [-0.39, 0.29) is 23.6 Å². The number of carbonyl (C=O) groups is 2. The van der Waals surface area contributed by atoms with Gasteiger partial charge in [0.05, 0.1) is 12.1 Å². The smallest absolute Gasteiger partial charge is 0.339 e. The Morgan fingerprint density at radius 2 is 1.70 bits per heavy atom. The number of hydrogen-bond donors (Lipinski definition) is 2. The molecular weight excluding hydrogens is 472 g/mol. The number of nitrogen functional groups attached to an aromatic ring is 1. The molecule has 0 spiro atoms. The highest BCUT2D eigenvalue weighted by Crippen LogP contribution is 2.31. The third-order valence-electron chi connectivity index (χ3n) is 6.44. The zero-order valence-electron chi connectivity index (χ0n) is 20.0. The maximum Gasteiger partial charge on any atom is 0.339 e. The van der Waals surface area contributed by atoms with Crippen molar-refractivity contribution in [2.24, 2.45) is 0 Å². The molecule has 9 nitrogen and oxygen atoms in total. The highest BCUT2D eigenvalue weighted by molar-refractivity contribution is 6.07. The van der Waals surface area contributed by atoms with Gasteiger partial charge in [0.1, 0.15) is 11.9 Å². The molecule has 1 aromatic heterocycles. The Morgan fingerprint density at radius 1 is 1.03 bits per heavy atom. The molecule has 0 saturated heterocycles. The number of cyclic esters (lactones) is 1. The van der Waals surface area contributed by atoms with Crippen molar-refractivity contribution in [1.82, 2.24) is 9.55 Å². The van der Waals surface area contributed by atoms with Gasteiger partial charge >= 0.3 is 11.7 Å². The minimum absolute atomic E-state index is 0.124. The van der Waals surface area contributed by atoms with Gasteiger partial charge in [0.15, 0.2) is 5.69 Å². The lowest BCUT2D eigenvalue weighted by atomic mass is 9.93. The van der Waals surface area contributed by atoms with E-state index in [1.807, 2.05) is 60.7 Å². The normalized spacial score (nSPS) is 14.5. The van der Waals surface area contributed by atoms with Crippen LogP contribution in [0.4, 0.5) is 11.5 Å². The fourth-order valence-corrected chi connectivity index (χ4v) is 4.50. The summed E-state index contributed by atoms with van der Waals surface area (Å²) in [6, 6.07) is 23.2. The number of hydrogen-bond acceptors (Lipinski definition) is 6. The maximum atomic E-state index is 13.4. The molecule has 4 aromatic rings. The largest absolute Gasteiger partial charge is 0.454 e. The van der Waals surface area contributed by atoms with Crippen molar-refractivity contribution in [2.75, 3.05) is 17.7 Å². The molecule has 0 unspecified atom stereocenters. The van der Waals surface area contributed by atoms with E-state index in [0.29, 0.717) is 17.5 Å². The molecule has 1 atom stereocenters. The Kier molecular flexibility index (Phi) is 6.19. The van der Waals surface area contributed by atoms with Gasteiger partial charge in [-0.05, 0) is 34.9 Å². The average molecular weight is 497 g/mol. The van der Waals surface area contributed by atoms with E-state index in [9.17, 15) is 19.2 Å². The molecule has 9 heteroatoms. The second-order valence-electron chi connectivity index (χ2n) is 8.81. The number of aromatic amines is 1. The van der Waals surface area contributed by atoms with Crippen LogP contribution in [-0.2, 0) is 17.7 Å². The molecule has 1 amide bonds. The SMILES string of the molecule is CN(C(=O)c1ccc2c(c1)C[C@H](c1ccccc1)OC2=O)c1c(N)n(Cc2ccccc2)c(=O)[nH]c1=O. The van der Waals surface area contributed by atoms with E-state index in [1.54, 1.807) is 12.1 Å². The summed E-state index contributed by atoms with van der Waals surface area (Å²) in [5, 5.41) is 0. The molecule has 3 aromatic carbocycles. The number of H-pyrrole nitrogens is 1. The first-order valence-corrected chi connectivity index (χ1v) is 11.7. The molecule has 5 rings (SSSR count). The third-order valence-corrected chi connectivity index (χ3v) is 6.44. The Hall–Kier alpha value is -4.92. The predicted molar refractivity (Wildman–Crippen MR) is 139 cm³/mol. The number of aromatic nitrogens is 2. The molecule has 0 saturated carbocycles. The molecular formula is C28H24N4O5. The van der Waals surface area contributed by atoms with Crippen LogP contribution in [0.2, 0.25) is 0 Å². The lowest BCUT2D eigenvalue weighted by Gasteiger charge is -2.26. The maximum absolute atomic E-state index is 13.4. The minimum Gasteiger partial charge on any atom is -0.454 e. The summed E-state index contributed by atoms with van der Waals surface area (Å²) in [5.41, 5.74) is 7.65. The highest BCUT2D eigenvalue weighted by Gasteiger charge is 2.29. The Bertz CT molecular complexity index is 1610. The van der Waals surface area contributed by atoms with Crippen molar-refractivity contribution >= 4 is 23.4 Å². The number of anilines is 2. The number of carbonyl (C=O) groups excluding carboxylic acids is 2. The van der Waals surface area contributed by atoms with Gasteiger partial charge in [-0.1, -0.05) is 60.7 Å². The summed E-state index contributed by atoms with van der Waals surface area (Å²) < 4.78 is 6.80. The number of rotatable bonds is 5. The van der Waals surface area contributed by atoms with Crippen LogP contribution in [0.25, 0.3) is 0 Å². The summed E-state index contributed by atoms with van der Waals surface area (Å²) in [5.74, 6) is -1.10. The number of nitrogens with zero attached hydrogens (tertiary/aromatic N) is 2. The number of esters is 1. The van der Waals surface area contributed by atoms with Gasteiger partial charge in [0.2, 0.25) is 0 Å². The molecule has 0 aliphatic carbocycles. The summed E-state index contributed by atoms with van der Waals surface area (Å²) in [4.78, 5) is 54.6. The monoisotopic (exact) mass is 496 g/mol. The van der Waals surface area contributed by atoms with E-state index >= 15 is 0 Å². The van der Waals surface area contributed by atoms with Crippen molar-refractivity contribution in [1.29, 1.82) is 0 Å². The molecule has 186 valence electrons. The van der Waals surface area contributed by atoms with Crippen LogP contribution >= 0.6 is 0 Å². The van der Waals surface area contributed by atoms with Gasteiger partial charge < -0.3 is 15.4 Å². The van der Waals surface area contributed by atoms with Crippen molar-refractivity contribution in [3.8, 4) is 0 Å². The van der Waals surface area contributed by atoms with Gasteiger partial charge in [0, 0.05) is 19.0 Å². The fraction of sp³-hybridized carbons (Fsp3) is 0.143. The van der Waals surface area contributed by atoms with Crippen LogP contribution < -0.4 is 21.9 Å². The van der Waals surface area contributed by atoms with Crippen molar-refractivity contribution in [2.45, 2.75) is 19.1 Å². The summed E-state index contributed by atoms with van der Waals surface area (Å²) in [7, 11) is 1.42. The Morgan fingerprint density at radius 3 is 2.41 bits per heavy atom. The van der Waals surface area contributed by atoms with E-state index < -0.39 is 29.2 Å². The third kappa shape index (κ3) is 4.54. The highest BCUT2D eigenvalue weighted by atomic mass is 16.5. The molecule has 37 heavy (non-hydrogen) atoms. The van der Waals surface area contributed by atoms with Crippen molar-refractivity contribution in [3.63, 3.8) is 0 Å². The molecule has 0 bridgehead atoms. The molecule has 0 fully saturated rings. The lowest BCUT2D eigenvalue weighted by molar-refractivity contribution is 0.0252. The second kappa shape index (κ2) is 9.62. The van der Waals surface area contributed by atoms with Crippen LogP contribution in [0, 0.1) is 0 Å². The lowest BCUT2D eigenvalue weighted by Crippen LogP contribution is -2.39. The topological polar surface area (TPSA) is 127 Å². The van der Waals surface area contributed by atoms with Gasteiger partial charge in [-0.3, -0.25) is 19.1 Å². The van der Waals surface area contributed by atoms with Gasteiger partial charge in [-0.25, -0.2) is 9.59 Å². The van der Waals surface area contributed by atoms with Crippen LogP contribution in [0.5, 0.6) is 0 Å². The first kappa shape index (κ1) is 23.8. The van der Waals surface area contributed by atoms with Gasteiger partial charge in [-0.15, -0.1) is 0 Å². The Labute approximate surface area is 211 Å². The van der Waals surface area contributed by atoms with E-state index in [0.717, 1.165) is 16.0 Å². The Balaban J connectivity index is 1.47. The summed E-state index contributed by atoms with van der Waals surface area (Å²) >= 11 is 0. The first-order valence-electron chi connectivity index (χ1n) is 11.7. The zero-order chi connectivity index (χ0) is 26.1. The van der Waals surface area contributed by atoms with Crippen molar-refractivity contribution in [3.05, 3.63) is 128 Å². The van der Waals surface area contributed by atoms with Gasteiger partial charge in [0.25, 0.3) is 11.5 Å². The summed E-state index contributed by atoms with van der Waals surface area (Å²) in [6.45, 7) is 0.124. The van der Waals surface area contributed by atoms with Crippen LogP contribution in [0.15, 0.2) is 88.5 Å². The fourth-order valence-electron chi connectivity index (χ4n) is 4.50. The second-order valence-corrected chi connectivity index (χ2v) is 8.81. The van der Waals surface area contributed by atoms with Crippen LogP contribution in [0.3, 0.4) is 0 Å². The summed E-state index contributed by atoms with van der Waals surface area (Å²) in [6.07, 6.45) is -0.0649. The first-order chi connectivity index (χ1) is 17.8. The minimum atomic E-state index is -0.770. The van der Waals surface area contributed by atoms with E-state index in [2.05, 4.69) is 4.98 Å². The number of amides is 1. The number of fused-ring (bicyclic) bond motifs is 1. The number of ether oxygens (including phenoxy) is 1. The number of nitrogens with one attached hydrogen (secondary N) is 1. The molecule has 3 N–H and O–H groups in total. The molecule has 0 radical (unpaired) electrons. The predicted octanol–water partition coefficient (Wildman–Crippen LogP) is 2.90. The van der Waals surface area contributed by atoms with E-state index in [1.165, 1.54) is 17.7 Å². The van der Waals surface area contributed by atoms with Crippen LogP contribution in [-0.4, -0.2) is 28.5 Å². The number of nitrogens with two attached hydrogens (primary N) is 1. The molecule has 1 aliphatic rings. The van der Waals surface area contributed by atoms with Crippen LogP contribution in [0.1, 0.15) is 43.5 Å².